The minimum Gasteiger partial charge on any atom is -0.394 e. The number of aliphatic hydroxyl groups excluding tert-OH is 4. The van der Waals surface area contributed by atoms with Gasteiger partial charge in [0.1, 0.15) is 30.5 Å². The second-order valence-corrected chi connectivity index (χ2v) is 8.21. The van der Waals surface area contributed by atoms with Gasteiger partial charge in [-0.1, -0.05) is 0 Å². The third-order valence-corrected chi connectivity index (χ3v) is 5.71. The fourth-order valence-corrected chi connectivity index (χ4v) is 3.69. The highest BCUT2D eigenvalue weighted by Crippen LogP contribution is 2.28. The Morgan fingerprint density at radius 2 is 1.47 bits per heavy atom. The van der Waals surface area contributed by atoms with Gasteiger partial charge in [-0.15, -0.1) is 0 Å². The molecular weight excluding hydrogens is 454 g/mol. The van der Waals surface area contributed by atoms with Crippen molar-refractivity contribution in [3.63, 3.8) is 0 Å². The van der Waals surface area contributed by atoms with Gasteiger partial charge < -0.3 is 35.6 Å². The van der Waals surface area contributed by atoms with Gasteiger partial charge in [0.25, 0.3) is 5.56 Å². The molecule has 2 aliphatic rings. The van der Waals surface area contributed by atoms with Crippen LogP contribution in [0.4, 0.5) is 5.82 Å². The molecule has 2 aliphatic heterocycles. The van der Waals surface area contributed by atoms with Crippen LogP contribution in [0.25, 0.3) is 0 Å². The molecule has 0 saturated carbocycles. The largest absolute Gasteiger partial charge is 0.394 e. The molecule has 0 radical (unpaired) electrons. The molecule has 0 amide bonds. The number of H-pyrrole nitrogens is 1. The molecule has 14 heteroatoms. The molecule has 2 fully saturated rings. The van der Waals surface area contributed by atoms with E-state index in [2.05, 4.69) is 9.97 Å². The number of aromatic amines is 1. The summed E-state index contributed by atoms with van der Waals surface area (Å²) in [5.41, 5.74) is 5.01. The molecule has 2 aromatic heterocycles. The molecule has 7 N–H and O–H groups in total. The Morgan fingerprint density at radius 3 is 1.97 bits per heavy atom. The standard InChI is InChI=1S/C10H15N3O4.C10H14N2O5/c1-5-3-13(10(16)12-9(5)11)8-2-6(15)7(4-14)17-8;1-5-3-12(10(16)11-9(5)15)8-2-6(14)7(4-13)17-8/h3,6-8,14-15H,2,4H2,1H3,(H2,11,12,16);3,6-8,13-14H,2,4H2,1H3,(H,11,15,16)/t2*6-,7+,8+/m00/s1. The van der Waals surface area contributed by atoms with E-state index in [1.54, 1.807) is 20.0 Å². The number of hydrogen-bond acceptors (Lipinski definition) is 11. The number of aliphatic hydroxyl groups is 4. The Bertz CT molecular complexity index is 1180. The predicted molar refractivity (Wildman–Crippen MR) is 117 cm³/mol. The Morgan fingerprint density at radius 1 is 0.971 bits per heavy atom. The van der Waals surface area contributed by atoms with Crippen LogP contribution in [0.15, 0.2) is 26.8 Å². The molecule has 2 aromatic rings. The lowest BCUT2D eigenvalue weighted by molar-refractivity contribution is -0.0459. The van der Waals surface area contributed by atoms with Crippen molar-refractivity contribution in [1.29, 1.82) is 0 Å². The van der Waals surface area contributed by atoms with Crippen LogP contribution in [0.5, 0.6) is 0 Å². The maximum atomic E-state index is 11.6. The summed E-state index contributed by atoms with van der Waals surface area (Å²) >= 11 is 0. The van der Waals surface area contributed by atoms with Gasteiger partial charge in [0.2, 0.25) is 0 Å². The number of nitrogen functional groups attached to an aromatic ring is 1. The average molecular weight is 483 g/mol. The van der Waals surface area contributed by atoms with Gasteiger partial charge in [0.05, 0.1) is 25.4 Å². The van der Waals surface area contributed by atoms with Crippen LogP contribution >= 0.6 is 0 Å². The monoisotopic (exact) mass is 483 g/mol. The summed E-state index contributed by atoms with van der Waals surface area (Å²) in [5.74, 6) is 0.184. The molecule has 14 nitrogen and oxygen atoms in total. The molecule has 0 unspecified atom stereocenters. The Hall–Kier alpha value is -2.88. The van der Waals surface area contributed by atoms with Gasteiger partial charge in [0.15, 0.2) is 0 Å². The SMILES string of the molecule is Cc1cn([C@H]2C[C@H](O)[C@@H](CO)O2)c(=O)[nH]c1=O.Cc1cn([C@H]2C[C@H](O)[C@@H](CO)O2)c(=O)nc1N. The second-order valence-electron chi connectivity index (χ2n) is 8.21. The van der Waals surface area contributed by atoms with E-state index in [-0.39, 0.29) is 31.9 Å². The van der Waals surface area contributed by atoms with Crippen molar-refractivity contribution in [1.82, 2.24) is 19.1 Å². The number of rotatable bonds is 4. The zero-order valence-corrected chi connectivity index (χ0v) is 18.7. The first-order chi connectivity index (χ1) is 16.0. The molecule has 0 spiro atoms. The second kappa shape index (κ2) is 10.6. The summed E-state index contributed by atoms with van der Waals surface area (Å²) in [4.78, 5) is 40.2. The normalized spacial score (nSPS) is 28.5. The molecule has 0 aromatic carbocycles. The summed E-state index contributed by atoms with van der Waals surface area (Å²) in [6.07, 6.45) is -0.846. The molecule has 4 rings (SSSR count). The number of aryl methyl sites for hydroxylation is 2. The molecule has 34 heavy (non-hydrogen) atoms. The van der Waals surface area contributed by atoms with Crippen molar-refractivity contribution in [2.45, 2.75) is 63.6 Å². The Balaban J connectivity index is 0.000000191. The summed E-state index contributed by atoms with van der Waals surface area (Å²) in [6.45, 7) is 2.71. The van der Waals surface area contributed by atoms with Crippen molar-refractivity contribution < 1.29 is 29.9 Å². The summed E-state index contributed by atoms with van der Waals surface area (Å²) < 4.78 is 13.2. The van der Waals surface area contributed by atoms with E-state index in [1.165, 1.54) is 15.3 Å². The van der Waals surface area contributed by atoms with Crippen LogP contribution in [0.3, 0.4) is 0 Å². The van der Waals surface area contributed by atoms with Crippen molar-refractivity contribution in [2.24, 2.45) is 0 Å². The first-order valence-electron chi connectivity index (χ1n) is 10.6. The molecule has 2 saturated heterocycles. The van der Waals surface area contributed by atoms with Crippen molar-refractivity contribution >= 4 is 5.82 Å². The third-order valence-electron chi connectivity index (χ3n) is 5.71. The number of hydrogen-bond donors (Lipinski definition) is 6. The topological polar surface area (TPSA) is 215 Å². The zero-order chi connectivity index (χ0) is 25.2. The lowest BCUT2D eigenvalue weighted by Gasteiger charge is -2.15. The molecule has 4 heterocycles. The highest BCUT2D eigenvalue weighted by molar-refractivity contribution is 5.35. The summed E-state index contributed by atoms with van der Waals surface area (Å²) in [7, 11) is 0. The van der Waals surface area contributed by atoms with E-state index >= 15 is 0 Å². The highest BCUT2D eigenvalue weighted by atomic mass is 16.5. The summed E-state index contributed by atoms with van der Waals surface area (Å²) in [5, 5.41) is 37.1. The van der Waals surface area contributed by atoms with Crippen LogP contribution in [0.2, 0.25) is 0 Å². The van der Waals surface area contributed by atoms with E-state index in [0.717, 1.165) is 0 Å². The lowest BCUT2D eigenvalue weighted by Crippen LogP contribution is -2.33. The maximum Gasteiger partial charge on any atom is 0.351 e. The fraction of sp³-hybridized carbons (Fsp3) is 0.600. The number of anilines is 1. The maximum absolute atomic E-state index is 11.6. The highest BCUT2D eigenvalue weighted by Gasteiger charge is 2.36. The molecule has 188 valence electrons. The van der Waals surface area contributed by atoms with Gasteiger partial charge >= 0.3 is 11.4 Å². The first kappa shape index (κ1) is 25.7. The number of nitrogens with two attached hydrogens (primary N) is 1. The predicted octanol–water partition coefficient (Wildman–Crippen LogP) is -2.74. The van der Waals surface area contributed by atoms with Crippen molar-refractivity contribution in [2.75, 3.05) is 18.9 Å². The van der Waals surface area contributed by atoms with E-state index in [4.69, 9.17) is 25.4 Å². The number of nitrogens with one attached hydrogen (secondary N) is 1. The van der Waals surface area contributed by atoms with E-state index in [0.29, 0.717) is 11.1 Å². The average Bonchev–Trinajstić information content (AvgIpc) is 3.35. The number of nitrogens with zero attached hydrogens (tertiary/aromatic N) is 3. The van der Waals surface area contributed by atoms with Crippen LogP contribution in [0, 0.1) is 13.8 Å². The van der Waals surface area contributed by atoms with Gasteiger partial charge in [-0.2, -0.15) is 4.98 Å². The van der Waals surface area contributed by atoms with Gasteiger partial charge in [-0.25, -0.2) is 9.59 Å². The van der Waals surface area contributed by atoms with E-state index in [1.807, 2.05) is 0 Å². The van der Waals surface area contributed by atoms with Crippen LogP contribution < -0.4 is 22.7 Å². The minimum absolute atomic E-state index is 0.184. The molecule has 0 aliphatic carbocycles. The first-order valence-corrected chi connectivity index (χ1v) is 10.6. The minimum atomic E-state index is -0.816. The number of aromatic nitrogens is 4. The van der Waals surface area contributed by atoms with Crippen molar-refractivity contribution in [3.8, 4) is 0 Å². The van der Waals surface area contributed by atoms with Crippen LogP contribution in [-0.4, -0.2) is 77.2 Å². The van der Waals surface area contributed by atoms with Crippen LogP contribution in [0.1, 0.15) is 36.4 Å². The molecular formula is C20H29N5O9. The van der Waals surface area contributed by atoms with Gasteiger partial charge in [-0.3, -0.25) is 18.9 Å². The molecule has 0 bridgehead atoms. The van der Waals surface area contributed by atoms with Gasteiger partial charge in [0, 0.05) is 36.4 Å². The van der Waals surface area contributed by atoms with E-state index in [9.17, 15) is 24.6 Å². The van der Waals surface area contributed by atoms with Gasteiger partial charge in [-0.05, 0) is 13.8 Å². The zero-order valence-electron chi connectivity index (χ0n) is 18.7. The van der Waals surface area contributed by atoms with E-state index < -0.39 is 53.8 Å². The van der Waals surface area contributed by atoms with Crippen LogP contribution in [-0.2, 0) is 9.47 Å². The molecule has 6 atom stereocenters. The quantitative estimate of drug-likeness (QED) is 0.262. The lowest BCUT2D eigenvalue weighted by atomic mass is 10.2. The third kappa shape index (κ3) is 5.43. The Labute approximate surface area is 192 Å². The summed E-state index contributed by atoms with van der Waals surface area (Å²) in [6, 6.07) is 0. The Kier molecular flexibility index (Phi) is 8.01. The van der Waals surface area contributed by atoms with Crippen molar-refractivity contribution in [3.05, 3.63) is 54.8 Å². The smallest absolute Gasteiger partial charge is 0.351 e. The fourth-order valence-electron chi connectivity index (χ4n) is 3.69. The number of ether oxygens (including phenoxy) is 2.